The number of dihydropyridines is 1. The highest BCUT2D eigenvalue weighted by Crippen LogP contribution is 2.30. The van der Waals surface area contributed by atoms with Crippen molar-refractivity contribution < 1.29 is 9.53 Å². The molecule has 1 aliphatic heterocycles. The highest BCUT2D eigenvalue weighted by atomic mass is 32.1. The first kappa shape index (κ1) is 18.3. The van der Waals surface area contributed by atoms with Crippen molar-refractivity contribution in [1.29, 1.82) is 0 Å². The predicted molar refractivity (Wildman–Crippen MR) is 107 cm³/mol. The molecule has 0 radical (unpaired) electrons. The van der Waals surface area contributed by atoms with Gasteiger partial charge in [-0.05, 0) is 13.0 Å². The maximum Gasteiger partial charge on any atom is 0.260 e. The number of methoxy groups -OCH3 is 1. The van der Waals surface area contributed by atoms with E-state index in [-0.39, 0.29) is 11.9 Å². The number of thiazole rings is 1. The molecule has 3 aromatic heterocycles. The first-order chi connectivity index (χ1) is 13.5. The Morgan fingerprint density at radius 3 is 3.07 bits per heavy atom. The van der Waals surface area contributed by atoms with E-state index < -0.39 is 0 Å². The number of allylic oxidation sites excluding steroid dienone is 1. The summed E-state index contributed by atoms with van der Waals surface area (Å²) in [6.07, 6.45) is 10.7. The maximum absolute atomic E-state index is 12.8. The highest BCUT2D eigenvalue weighted by molar-refractivity contribution is 7.21. The van der Waals surface area contributed by atoms with Crippen LogP contribution in [0.1, 0.15) is 17.3 Å². The molecule has 0 bridgehead atoms. The highest BCUT2D eigenvalue weighted by Gasteiger charge is 2.20. The van der Waals surface area contributed by atoms with Crippen LogP contribution in [0.4, 0.5) is 0 Å². The van der Waals surface area contributed by atoms with E-state index in [2.05, 4.69) is 20.8 Å². The van der Waals surface area contributed by atoms with Crippen molar-refractivity contribution >= 4 is 22.1 Å². The minimum absolute atomic E-state index is 0.0286. The molecule has 3 aromatic rings. The fraction of sp³-hybridized carbons (Fsp3) is 0.278. The Balaban J connectivity index is 1.57. The molecule has 1 amide bonds. The Labute approximate surface area is 165 Å². The van der Waals surface area contributed by atoms with Crippen LogP contribution in [0, 0.1) is 0 Å². The van der Waals surface area contributed by atoms with Crippen molar-refractivity contribution in [2.45, 2.75) is 19.5 Å². The van der Waals surface area contributed by atoms with Crippen LogP contribution in [-0.4, -0.2) is 45.1 Å². The lowest BCUT2D eigenvalue weighted by Crippen LogP contribution is -2.37. The largest absolute Gasteiger partial charge is 0.398 e. The number of carbonyl (C=O) groups is 1. The molecule has 1 aliphatic rings. The SMILES string of the molecule is COCCn1cc(-c2cn3ncc(C(=O)NC4=CC(N)=CNC4C)c3s2)cn1. The number of nitrogens with one attached hydrogen (secondary N) is 2. The fourth-order valence-electron chi connectivity index (χ4n) is 2.87. The third-order valence-electron chi connectivity index (χ3n) is 4.43. The molecule has 0 saturated carbocycles. The van der Waals surface area contributed by atoms with Gasteiger partial charge in [0.2, 0.25) is 0 Å². The average molecular weight is 399 g/mol. The van der Waals surface area contributed by atoms with Gasteiger partial charge in [-0.2, -0.15) is 10.2 Å². The van der Waals surface area contributed by atoms with E-state index in [4.69, 9.17) is 10.5 Å². The van der Waals surface area contributed by atoms with Crippen molar-refractivity contribution in [1.82, 2.24) is 30.0 Å². The molecule has 4 rings (SSSR count). The van der Waals surface area contributed by atoms with E-state index in [1.165, 1.54) is 11.3 Å². The molecule has 10 heteroatoms. The zero-order chi connectivity index (χ0) is 19.7. The molecule has 28 heavy (non-hydrogen) atoms. The molecule has 0 spiro atoms. The number of fused-ring (bicyclic) bond motifs is 1. The van der Waals surface area contributed by atoms with Crippen LogP contribution < -0.4 is 16.4 Å². The molecule has 4 N–H and O–H groups in total. The summed E-state index contributed by atoms with van der Waals surface area (Å²) in [6, 6.07) is -0.0286. The molecular formula is C18H21N7O2S. The van der Waals surface area contributed by atoms with Crippen molar-refractivity contribution in [2.24, 2.45) is 5.73 Å². The molecule has 9 nitrogen and oxygen atoms in total. The van der Waals surface area contributed by atoms with Gasteiger partial charge in [0.05, 0.1) is 42.0 Å². The number of hydrogen-bond acceptors (Lipinski definition) is 7. The fourth-order valence-corrected chi connectivity index (χ4v) is 3.91. The van der Waals surface area contributed by atoms with Crippen molar-refractivity contribution in [2.75, 3.05) is 13.7 Å². The zero-order valence-electron chi connectivity index (χ0n) is 15.5. The van der Waals surface area contributed by atoms with Crippen LogP contribution in [0.3, 0.4) is 0 Å². The monoisotopic (exact) mass is 399 g/mol. The molecule has 146 valence electrons. The summed E-state index contributed by atoms with van der Waals surface area (Å²) in [5.74, 6) is -0.214. The summed E-state index contributed by atoms with van der Waals surface area (Å²) in [5, 5.41) is 14.7. The lowest BCUT2D eigenvalue weighted by molar-refractivity contribution is 0.0965. The van der Waals surface area contributed by atoms with Crippen LogP contribution in [-0.2, 0) is 11.3 Å². The summed E-state index contributed by atoms with van der Waals surface area (Å²) >= 11 is 1.50. The number of ether oxygens (including phenoxy) is 1. The Hall–Kier alpha value is -3.11. The third-order valence-corrected chi connectivity index (χ3v) is 5.59. The van der Waals surface area contributed by atoms with E-state index in [0.717, 1.165) is 21.0 Å². The molecule has 0 aliphatic carbocycles. The van der Waals surface area contributed by atoms with Gasteiger partial charge >= 0.3 is 0 Å². The summed E-state index contributed by atoms with van der Waals surface area (Å²) in [7, 11) is 1.66. The van der Waals surface area contributed by atoms with E-state index >= 15 is 0 Å². The normalized spacial score (nSPS) is 16.6. The molecular weight excluding hydrogens is 378 g/mol. The lowest BCUT2D eigenvalue weighted by atomic mass is 10.1. The van der Waals surface area contributed by atoms with Gasteiger partial charge in [-0.15, -0.1) is 11.3 Å². The van der Waals surface area contributed by atoms with Crippen LogP contribution >= 0.6 is 11.3 Å². The second-order valence-corrected chi connectivity index (χ2v) is 7.51. The Morgan fingerprint density at radius 1 is 1.39 bits per heavy atom. The van der Waals surface area contributed by atoms with Gasteiger partial charge < -0.3 is 21.1 Å². The second-order valence-electron chi connectivity index (χ2n) is 6.47. The number of nitrogens with zero attached hydrogens (tertiary/aromatic N) is 4. The Kier molecular flexibility index (Phi) is 4.88. The number of amides is 1. The van der Waals surface area contributed by atoms with Crippen LogP contribution in [0.15, 0.2) is 48.5 Å². The Bertz CT molecular complexity index is 1080. The van der Waals surface area contributed by atoms with E-state index in [1.54, 1.807) is 36.3 Å². The van der Waals surface area contributed by atoms with Gasteiger partial charge in [-0.3, -0.25) is 9.48 Å². The van der Waals surface area contributed by atoms with Gasteiger partial charge in [-0.25, -0.2) is 4.52 Å². The quantitative estimate of drug-likeness (QED) is 0.576. The number of hydrogen-bond donors (Lipinski definition) is 3. The lowest BCUT2D eigenvalue weighted by Gasteiger charge is -2.21. The zero-order valence-corrected chi connectivity index (χ0v) is 16.4. The second kappa shape index (κ2) is 7.49. The minimum Gasteiger partial charge on any atom is -0.398 e. The van der Waals surface area contributed by atoms with Gasteiger partial charge in [-0.1, -0.05) is 0 Å². The number of aromatic nitrogens is 4. The number of carbonyl (C=O) groups excluding carboxylic acids is 1. The summed E-state index contributed by atoms with van der Waals surface area (Å²) in [4.78, 5) is 14.6. The Morgan fingerprint density at radius 2 is 2.25 bits per heavy atom. The molecule has 1 unspecified atom stereocenters. The van der Waals surface area contributed by atoms with Crippen LogP contribution in [0.2, 0.25) is 0 Å². The van der Waals surface area contributed by atoms with Crippen molar-refractivity contribution in [3.63, 3.8) is 0 Å². The number of rotatable bonds is 6. The summed E-state index contributed by atoms with van der Waals surface area (Å²) < 4.78 is 8.62. The predicted octanol–water partition coefficient (Wildman–Crippen LogP) is 1.31. The molecule has 4 heterocycles. The van der Waals surface area contributed by atoms with Crippen molar-refractivity contribution in [3.05, 3.63) is 54.0 Å². The van der Waals surface area contributed by atoms with Crippen molar-refractivity contribution in [3.8, 4) is 10.4 Å². The van der Waals surface area contributed by atoms with Gasteiger partial charge in [0, 0.05) is 42.7 Å². The first-order valence-corrected chi connectivity index (χ1v) is 9.60. The summed E-state index contributed by atoms with van der Waals surface area (Å²) in [5.41, 5.74) is 8.60. The molecule has 0 saturated heterocycles. The molecule has 0 aromatic carbocycles. The van der Waals surface area contributed by atoms with Gasteiger partial charge in [0.1, 0.15) is 4.83 Å². The average Bonchev–Trinajstić information content (AvgIpc) is 3.37. The summed E-state index contributed by atoms with van der Waals surface area (Å²) in [6.45, 7) is 3.24. The smallest absolute Gasteiger partial charge is 0.260 e. The third kappa shape index (κ3) is 3.51. The molecule has 0 fully saturated rings. The van der Waals surface area contributed by atoms with E-state index in [1.807, 2.05) is 24.0 Å². The maximum atomic E-state index is 12.8. The standard InChI is InChI=1S/C18H21N7O2S/c1-11-15(5-13(19)7-20-11)23-17(26)14-8-22-25-10-16(28-18(14)25)12-6-21-24(9-12)3-4-27-2/h5-11,20H,3-4,19H2,1-2H3,(H,23,26). The van der Waals surface area contributed by atoms with Crippen LogP contribution in [0.25, 0.3) is 15.3 Å². The first-order valence-electron chi connectivity index (χ1n) is 8.78. The van der Waals surface area contributed by atoms with Crippen LogP contribution in [0.5, 0.6) is 0 Å². The number of nitrogens with two attached hydrogens (primary N) is 1. The molecule has 1 atom stereocenters. The van der Waals surface area contributed by atoms with E-state index in [9.17, 15) is 4.79 Å². The minimum atomic E-state index is -0.214. The van der Waals surface area contributed by atoms with E-state index in [0.29, 0.717) is 24.4 Å². The topological polar surface area (TPSA) is 112 Å². The van der Waals surface area contributed by atoms with Gasteiger partial charge in [0.15, 0.2) is 0 Å². The van der Waals surface area contributed by atoms with Gasteiger partial charge in [0.25, 0.3) is 5.91 Å².